The van der Waals surface area contributed by atoms with Gasteiger partial charge < -0.3 is 10.0 Å². The van der Waals surface area contributed by atoms with E-state index in [1.807, 2.05) is 25.2 Å². The fourth-order valence-electron chi connectivity index (χ4n) is 2.54. The van der Waals surface area contributed by atoms with E-state index in [2.05, 4.69) is 15.3 Å². The Morgan fingerprint density at radius 2 is 2.20 bits per heavy atom. The van der Waals surface area contributed by atoms with Crippen molar-refractivity contribution in [2.24, 2.45) is 7.05 Å². The predicted molar refractivity (Wildman–Crippen MR) is 72.2 cm³/mol. The molecule has 20 heavy (non-hydrogen) atoms. The molecule has 1 unspecified atom stereocenters. The molecule has 1 N–H and O–H groups in total. The minimum atomic E-state index is -0.806. The summed E-state index contributed by atoms with van der Waals surface area (Å²) in [5.74, 6) is -0.194. The van der Waals surface area contributed by atoms with Crippen LogP contribution in [0.3, 0.4) is 0 Å². The first-order chi connectivity index (χ1) is 9.66. The fraction of sp³-hybridized carbons (Fsp3) is 0.385. The number of anilines is 1. The Morgan fingerprint density at radius 1 is 1.35 bits per heavy atom. The summed E-state index contributed by atoms with van der Waals surface area (Å²) in [6.07, 6.45) is 3.22. The van der Waals surface area contributed by atoms with Crippen LogP contribution in [0.5, 0.6) is 0 Å². The Kier molecular flexibility index (Phi) is 3.09. The van der Waals surface area contributed by atoms with Gasteiger partial charge in [-0.3, -0.25) is 4.68 Å². The monoisotopic (exact) mass is 273 g/mol. The fourth-order valence-corrected chi connectivity index (χ4v) is 2.54. The van der Waals surface area contributed by atoms with Gasteiger partial charge in [0, 0.05) is 19.8 Å². The molecule has 1 saturated heterocycles. The van der Waals surface area contributed by atoms with Crippen LogP contribution in [0.1, 0.15) is 12.8 Å². The van der Waals surface area contributed by atoms with Gasteiger partial charge in [0.2, 0.25) is 0 Å². The standard InChI is InChI=1S/C13H15N5O2/c1-17-10(6-7-14-17)9-4-5-12(16-15-9)18-8-2-3-11(18)13(19)20/h4-7,11H,2-3,8H2,1H3,(H,19,20). The van der Waals surface area contributed by atoms with Crippen LogP contribution in [-0.4, -0.2) is 43.6 Å². The first kappa shape index (κ1) is 12.6. The third-order valence-electron chi connectivity index (χ3n) is 3.57. The van der Waals surface area contributed by atoms with Crippen molar-refractivity contribution >= 4 is 11.8 Å². The lowest BCUT2D eigenvalue weighted by molar-refractivity contribution is -0.138. The lowest BCUT2D eigenvalue weighted by atomic mass is 10.2. The van der Waals surface area contributed by atoms with E-state index in [0.717, 1.165) is 17.8 Å². The molecule has 0 bridgehead atoms. The summed E-state index contributed by atoms with van der Waals surface area (Å²) >= 11 is 0. The number of hydrogen-bond donors (Lipinski definition) is 1. The highest BCUT2D eigenvalue weighted by molar-refractivity contribution is 5.78. The highest BCUT2D eigenvalue weighted by atomic mass is 16.4. The number of aliphatic carboxylic acids is 1. The maximum Gasteiger partial charge on any atom is 0.326 e. The first-order valence-corrected chi connectivity index (χ1v) is 6.48. The predicted octanol–water partition coefficient (Wildman–Crippen LogP) is 0.930. The summed E-state index contributed by atoms with van der Waals surface area (Å²) in [4.78, 5) is 13.0. The number of aryl methyl sites for hydroxylation is 1. The van der Waals surface area contributed by atoms with Crippen LogP contribution in [0.15, 0.2) is 24.4 Å². The van der Waals surface area contributed by atoms with Gasteiger partial charge >= 0.3 is 5.97 Å². The van der Waals surface area contributed by atoms with E-state index in [1.165, 1.54) is 0 Å². The van der Waals surface area contributed by atoms with Crippen molar-refractivity contribution in [3.8, 4) is 11.4 Å². The average molecular weight is 273 g/mol. The molecule has 1 aliphatic heterocycles. The second kappa shape index (κ2) is 4.92. The zero-order valence-electron chi connectivity index (χ0n) is 11.1. The van der Waals surface area contributed by atoms with Gasteiger partial charge in [0.25, 0.3) is 0 Å². The molecule has 1 aliphatic rings. The maximum atomic E-state index is 11.2. The van der Waals surface area contributed by atoms with E-state index in [4.69, 9.17) is 0 Å². The second-order valence-electron chi connectivity index (χ2n) is 4.81. The number of rotatable bonds is 3. The molecule has 2 aromatic rings. The molecule has 0 spiro atoms. The Bertz CT molecular complexity index is 622. The van der Waals surface area contributed by atoms with E-state index >= 15 is 0 Å². The minimum Gasteiger partial charge on any atom is -0.480 e. The van der Waals surface area contributed by atoms with Crippen LogP contribution in [0.4, 0.5) is 5.82 Å². The van der Waals surface area contributed by atoms with Crippen molar-refractivity contribution in [3.63, 3.8) is 0 Å². The Balaban J connectivity index is 1.86. The molecule has 0 radical (unpaired) electrons. The number of nitrogens with zero attached hydrogens (tertiary/aromatic N) is 5. The molecular weight excluding hydrogens is 258 g/mol. The maximum absolute atomic E-state index is 11.2. The van der Waals surface area contributed by atoms with Crippen LogP contribution < -0.4 is 4.90 Å². The zero-order valence-corrected chi connectivity index (χ0v) is 11.1. The van der Waals surface area contributed by atoms with Crippen molar-refractivity contribution in [3.05, 3.63) is 24.4 Å². The van der Waals surface area contributed by atoms with Crippen molar-refractivity contribution < 1.29 is 9.90 Å². The quantitative estimate of drug-likeness (QED) is 0.895. The van der Waals surface area contributed by atoms with Crippen LogP contribution in [0.25, 0.3) is 11.4 Å². The molecule has 1 atom stereocenters. The minimum absolute atomic E-state index is 0.494. The SMILES string of the molecule is Cn1nccc1-c1ccc(N2CCCC2C(=O)O)nn1. The molecule has 2 aromatic heterocycles. The number of hydrogen-bond acceptors (Lipinski definition) is 5. The average Bonchev–Trinajstić information content (AvgIpc) is 3.07. The molecule has 104 valence electrons. The Hall–Kier alpha value is -2.44. The number of carboxylic acids is 1. The molecular formula is C13H15N5O2. The topological polar surface area (TPSA) is 84.1 Å². The lowest BCUT2D eigenvalue weighted by Crippen LogP contribution is -2.36. The molecule has 3 rings (SSSR count). The van der Waals surface area contributed by atoms with E-state index in [-0.39, 0.29) is 0 Å². The van der Waals surface area contributed by atoms with Crippen LogP contribution >= 0.6 is 0 Å². The third-order valence-corrected chi connectivity index (χ3v) is 3.57. The van der Waals surface area contributed by atoms with E-state index < -0.39 is 12.0 Å². The van der Waals surface area contributed by atoms with Crippen LogP contribution in [0.2, 0.25) is 0 Å². The van der Waals surface area contributed by atoms with Gasteiger partial charge in [-0.1, -0.05) is 0 Å². The highest BCUT2D eigenvalue weighted by Crippen LogP contribution is 2.24. The molecule has 1 fully saturated rings. The van der Waals surface area contributed by atoms with E-state index in [1.54, 1.807) is 15.8 Å². The number of carbonyl (C=O) groups is 1. The Labute approximate surface area is 115 Å². The molecule has 0 amide bonds. The lowest BCUT2D eigenvalue weighted by Gasteiger charge is -2.21. The van der Waals surface area contributed by atoms with E-state index in [9.17, 15) is 9.90 Å². The van der Waals surface area contributed by atoms with Crippen LogP contribution in [-0.2, 0) is 11.8 Å². The summed E-state index contributed by atoms with van der Waals surface area (Å²) in [6.45, 7) is 0.705. The summed E-state index contributed by atoms with van der Waals surface area (Å²) in [5, 5.41) is 21.6. The molecule has 0 aliphatic carbocycles. The van der Waals surface area contributed by atoms with Gasteiger partial charge in [-0.05, 0) is 31.0 Å². The second-order valence-corrected chi connectivity index (χ2v) is 4.81. The summed E-state index contributed by atoms with van der Waals surface area (Å²) in [7, 11) is 1.84. The molecule has 7 heteroatoms. The van der Waals surface area contributed by atoms with Gasteiger partial charge in [-0.2, -0.15) is 5.10 Å². The largest absolute Gasteiger partial charge is 0.480 e. The van der Waals surface area contributed by atoms with Crippen molar-refractivity contribution in [2.45, 2.75) is 18.9 Å². The molecule has 0 saturated carbocycles. The summed E-state index contributed by atoms with van der Waals surface area (Å²) in [5.41, 5.74) is 1.60. The van der Waals surface area contributed by atoms with E-state index in [0.29, 0.717) is 18.8 Å². The van der Waals surface area contributed by atoms with Crippen LogP contribution in [0, 0.1) is 0 Å². The third kappa shape index (κ3) is 2.11. The smallest absolute Gasteiger partial charge is 0.326 e. The van der Waals surface area contributed by atoms with Gasteiger partial charge in [-0.15, -0.1) is 10.2 Å². The van der Waals surface area contributed by atoms with Crippen molar-refractivity contribution in [1.29, 1.82) is 0 Å². The number of carboxylic acid groups (broad SMARTS) is 1. The summed E-state index contributed by atoms with van der Waals surface area (Å²) in [6, 6.07) is 5.03. The van der Waals surface area contributed by atoms with Gasteiger partial charge in [-0.25, -0.2) is 4.79 Å². The van der Waals surface area contributed by atoms with Crippen molar-refractivity contribution in [2.75, 3.05) is 11.4 Å². The Morgan fingerprint density at radius 3 is 2.80 bits per heavy atom. The molecule has 0 aromatic carbocycles. The van der Waals surface area contributed by atoms with Crippen molar-refractivity contribution in [1.82, 2.24) is 20.0 Å². The zero-order chi connectivity index (χ0) is 14.1. The van der Waals surface area contributed by atoms with Gasteiger partial charge in [0.15, 0.2) is 5.82 Å². The molecule has 3 heterocycles. The van der Waals surface area contributed by atoms with Gasteiger partial charge in [0.05, 0.1) is 5.69 Å². The normalized spacial score (nSPS) is 18.4. The number of aromatic nitrogens is 4. The molecule has 7 nitrogen and oxygen atoms in total. The van der Waals surface area contributed by atoms with Gasteiger partial charge in [0.1, 0.15) is 11.7 Å². The first-order valence-electron chi connectivity index (χ1n) is 6.48. The highest BCUT2D eigenvalue weighted by Gasteiger charge is 2.31. The summed E-state index contributed by atoms with van der Waals surface area (Å²) < 4.78 is 1.72.